The van der Waals surface area contributed by atoms with Gasteiger partial charge in [-0.1, -0.05) is 6.07 Å². The molecule has 1 aliphatic heterocycles. The van der Waals surface area contributed by atoms with Crippen molar-refractivity contribution in [1.29, 1.82) is 0 Å². The highest BCUT2D eigenvalue weighted by Crippen LogP contribution is 2.20. The summed E-state index contributed by atoms with van der Waals surface area (Å²) in [6, 6.07) is 5.87. The monoisotopic (exact) mass is 339 g/mol. The molecular formula is C19H25N5O. The van der Waals surface area contributed by atoms with Gasteiger partial charge in [0.25, 0.3) is 0 Å². The number of urea groups is 1. The average molecular weight is 339 g/mol. The largest absolute Gasteiger partial charge is 0.324 e. The number of aromatic nitrogens is 2. The average Bonchev–Trinajstić information content (AvgIpc) is 3.06. The number of pyridine rings is 2. The van der Waals surface area contributed by atoms with Crippen LogP contribution in [0.5, 0.6) is 0 Å². The number of amides is 2. The first-order valence-electron chi connectivity index (χ1n) is 8.66. The smallest absolute Gasteiger partial charge is 0.321 e. The molecule has 1 saturated heterocycles. The van der Waals surface area contributed by atoms with Gasteiger partial charge in [0.15, 0.2) is 0 Å². The Morgan fingerprint density at radius 1 is 1.32 bits per heavy atom. The number of aryl methyl sites for hydroxylation is 1. The normalized spacial score (nSPS) is 17.1. The summed E-state index contributed by atoms with van der Waals surface area (Å²) >= 11 is 0. The van der Waals surface area contributed by atoms with E-state index in [1.165, 1.54) is 5.56 Å². The Balaban J connectivity index is 1.48. The predicted octanol–water partition coefficient (Wildman–Crippen LogP) is 2.77. The quantitative estimate of drug-likeness (QED) is 0.910. The van der Waals surface area contributed by atoms with Gasteiger partial charge in [-0.05, 0) is 49.6 Å². The fraction of sp³-hybridized carbons (Fsp3) is 0.421. The lowest BCUT2D eigenvalue weighted by atomic mass is 10.1. The van der Waals surface area contributed by atoms with Crippen molar-refractivity contribution in [3.05, 3.63) is 54.1 Å². The van der Waals surface area contributed by atoms with Gasteiger partial charge in [0.05, 0.1) is 0 Å². The second kappa shape index (κ2) is 8.07. The van der Waals surface area contributed by atoms with Gasteiger partial charge in [-0.2, -0.15) is 0 Å². The minimum atomic E-state index is -0.0216. The number of carbonyl (C=O) groups excluding carboxylic acids is 1. The second-order valence-electron chi connectivity index (χ2n) is 6.78. The highest BCUT2D eigenvalue weighted by Gasteiger charge is 2.27. The van der Waals surface area contributed by atoms with E-state index in [2.05, 4.69) is 33.3 Å². The highest BCUT2D eigenvalue weighted by atomic mass is 16.2. The molecule has 2 amide bonds. The Hall–Kier alpha value is -2.47. The lowest BCUT2D eigenvalue weighted by molar-refractivity contribution is 0.216. The second-order valence-corrected chi connectivity index (χ2v) is 6.78. The van der Waals surface area contributed by atoms with Crippen LogP contribution in [0, 0.1) is 12.8 Å². The van der Waals surface area contributed by atoms with Crippen LogP contribution in [0.2, 0.25) is 0 Å². The zero-order valence-electron chi connectivity index (χ0n) is 14.9. The molecule has 6 nitrogen and oxygen atoms in total. The third kappa shape index (κ3) is 4.76. The molecule has 132 valence electrons. The Kier molecular flexibility index (Phi) is 5.60. The summed E-state index contributed by atoms with van der Waals surface area (Å²) in [5, 5.41) is 2.99. The topological polar surface area (TPSA) is 61.4 Å². The maximum absolute atomic E-state index is 12.5. The zero-order chi connectivity index (χ0) is 17.6. The van der Waals surface area contributed by atoms with E-state index in [0.29, 0.717) is 5.92 Å². The van der Waals surface area contributed by atoms with E-state index in [1.807, 2.05) is 30.2 Å². The molecule has 1 N–H and O–H groups in total. The Morgan fingerprint density at radius 2 is 2.16 bits per heavy atom. The Morgan fingerprint density at radius 3 is 2.92 bits per heavy atom. The van der Waals surface area contributed by atoms with Crippen molar-refractivity contribution in [2.45, 2.75) is 19.9 Å². The van der Waals surface area contributed by atoms with Crippen LogP contribution in [0.3, 0.4) is 0 Å². The first-order valence-corrected chi connectivity index (χ1v) is 8.66. The SMILES string of the molecule is Cc1cnccc1NC(=O)N1CCC(CN(C)Cc2cccnc2)C1. The first-order chi connectivity index (χ1) is 12.1. The molecule has 3 heterocycles. The van der Waals surface area contributed by atoms with Crippen LogP contribution in [0.1, 0.15) is 17.5 Å². The van der Waals surface area contributed by atoms with Crippen molar-refractivity contribution < 1.29 is 4.79 Å². The molecule has 0 saturated carbocycles. The molecular weight excluding hydrogens is 314 g/mol. The van der Waals surface area contributed by atoms with Crippen LogP contribution in [0.15, 0.2) is 43.0 Å². The van der Waals surface area contributed by atoms with E-state index in [1.54, 1.807) is 18.6 Å². The number of hydrogen-bond acceptors (Lipinski definition) is 4. The summed E-state index contributed by atoms with van der Waals surface area (Å²) in [7, 11) is 2.12. The predicted molar refractivity (Wildman–Crippen MR) is 98.2 cm³/mol. The highest BCUT2D eigenvalue weighted by molar-refractivity contribution is 5.90. The minimum Gasteiger partial charge on any atom is -0.324 e. The van der Waals surface area contributed by atoms with E-state index >= 15 is 0 Å². The molecule has 0 spiro atoms. The van der Waals surface area contributed by atoms with Crippen LogP contribution in [-0.2, 0) is 6.54 Å². The first kappa shape index (κ1) is 17.4. The van der Waals surface area contributed by atoms with E-state index in [-0.39, 0.29) is 6.03 Å². The third-order valence-corrected chi connectivity index (χ3v) is 4.58. The zero-order valence-corrected chi connectivity index (χ0v) is 14.9. The van der Waals surface area contributed by atoms with Gasteiger partial charge in [0.1, 0.15) is 0 Å². The Bertz CT molecular complexity index is 706. The molecule has 25 heavy (non-hydrogen) atoms. The van der Waals surface area contributed by atoms with Crippen LogP contribution in [0.25, 0.3) is 0 Å². The standard InChI is InChI=1S/C19H25N5O/c1-15-10-21-8-5-18(15)22-19(25)24-9-6-17(14-24)13-23(2)12-16-4-3-7-20-11-16/h3-5,7-8,10-11,17H,6,9,12-14H2,1-2H3,(H,21,22,25). The lowest BCUT2D eigenvalue weighted by Gasteiger charge is -2.22. The van der Waals surface area contributed by atoms with Gasteiger partial charge < -0.3 is 15.1 Å². The fourth-order valence-electron chi connectivity index (χ4n) is 3.28. The van der Waals surface area contributed by atoms with Gasteiger partial charge in [-0.15, -0.1) is 0 Å². The summed E-state index contributed by atoms with van der Waals surface area (Å²) in [5.41, 5.74) is 3.02. The molecule has 0 aliphatic carbocycles. The molecule has 3 rings (SSSR count). The molecule has 2 aromatic rings. The molecule has 1 unspecified atom stereocenters. The van der Waals surface area contributed by atoms with Crippen LogP contribution in [-0.4, -0.2) is 52.5 Å². The number of hydrogen-bond donors (Lipinski definition) is 1. The van der Waals surface area contributed by atoms with Gasteiger partial charge >= 0.3 is 6.03 Å². The summed E-state index contributed by atoms with van der Waals surface area (Å²) < 4.78 is 0. The van der Waals surface area contributed by atoms with Crippen molar-refractivity contribution >= 4 is 11.7 Å². The number of nitrogens with one attached hydrogen (secondary N) is 1. The van der Waals surface area contributed by atoms with Gasteiger partial charge in [0, 0.05) is 56.7 Å². The number of likely N-dealkylation sites (tertiary alicyclic amines) is 1. The number of nitrogens with zero attached hydrogens (tertiary/aromatic N) is 4. The van der Waals surface area contributed by atoms with E-state index in [4.69, 9.17) is 0 Å². The molecule has 1 atom stereocenters. The molecule has 1 aliphatic rings. The Labute approximate surface area is 148 Å². The number of anilines is 1. The van der Waals surface area contributed by atoms with Crippen molar-refractivity contribution in [1.82, 2.24) is 19.8 Å². The molecule has 6 heteroatoms. The number of rotatable bonds is 5. The van der Waals surface area contributed by atoms with Crippen LogP contribution < -0.4 is 5.32 Å². The van der Waals surface area contributed by atoms with Crippen LogP contribution in [0.4, 0.5) is 10.5 Å². The summed E-state index contributed by atoms with van der Waals surface area (Å²) in [6.07, 6.45) is 8.20. The van der Waals surface area contributed by atoms with Gasteiger partial charge in [-0.25, -0.2) is 4.79 Å². The van der Waals surface area contributed by atoms with Crippen molar-refractivity contribution in [2.75, 3.05) is 32.0 Å². The van der Waals surface area contributed by atoms with Crippen molar-refractivity contribution in [2.24, 2.45) is 5.92 Å². The molecule has 0 bridgehead atoms. The molecule has 0 radical (unpaired) electrons. The van der Waals surface area contributed by atoms with Gasteiger partial charge in [0.2, 0.25) is 0 Å². The van der Waals surface area contributed by atoms with E-state index in [9.17, 15) is 4.79 Å². The van der Waals surface area contributed by atoms with Crippen molar-refractivity contribution in [3.63, 3.8) is 0 Å². The van der Waals surface area contributed by atoms with Crippen LogP contribution >= 0.6 is 0 Å². The van der Waals surface area contributed by atoms with Gasteiger partial charge in [-0.3, -0.25) is 9.97 Å². The lowest BCUT2D eigenvalue weighted by Crippen LogP contribution is -2.34. The minimum absolute atomic E-state index is 0.0216. The fourth-order valence-corrected chi connectivity index (χ4v) is 3.28. The number of carbonyl (C=O) groups is 1. The van der Waals surface area contributed by atoms with E-state index < -0.39 is 0 Å². The van der Waals surface area contributed by atoms with Crippen molar-refractivity contribution in [3.8, 4) is 0 Å². The molecule has 2 aromatic heterocycles. The summed E-state index contributed by atoms with van der Waals surface area (Å²) in [5.74, 6) is 0.506. The summed E-state index contributed by atoms with van der Waals surface area (Å²) in [4.78, 5) is 24.9. The maximum Gasteiger partial charge on any atom is 0.321 e. The van der Waals surface area contributed by atoms with E-state index in [0.717, 1.165) is 43.9 Å². The third-order valence-electron chi connectivity index (χ3n) is 4.58. The maximum atomic E-state index is 12.5. The summed E-state index contributed by atoms with van der Waals surface area (Å²) in [6.45, 7) is 5.41. The molecule has 1 fully saturated rings. The molecule has 0 aromatic carbocycles.